The molecule has 254 valence electrons. The number of aliphatic imine (C=N–C) groups is 1. The molecule has 1 aromatic heterocycles. The Labute approximate surface area is 299 Å². The van der Waals surface area contributed by atoms with Gasteiger partial charge in [0.2, 0.25) is 5.82 Å². The zero-order valence-electron chi connectivity index (χ0n) is 29.0. The molecule has 7 nitrogen and oxygen atoms in total. The number of hydrogen-bond acceptors (Lipinski definition) is 5. The van der Waals surface area contributed by atoms with Crippen LogP contribution in [0.15, 0.2) is 145 Å². The predicted molar refractivity (Wildman–Crippen MR) is 202 cm³/mol. The molecule has 1 saturated carbocycles. The Balaban J connectivity index is 1.14. The standard InChI is InChI=1S/C44H42N6O/c1-2-3-25-40-45-43(30-15-16-31-43)42(51)49(40)32-33-26-28-34(29-27-33)38-23-13-14-24-39(38)41-46-48-50(47-41)44(35-17-7-4-8-18-35,36-19-9-5-10-20-36)37-21-11-6-12-22-37/h4-14,17-24,26-29H,2-3,15-16,25,30-32H2,1H3. The maximum Gasteiger partial charge on any atom is 0.256 e. The first kappa shape index (κ1) is 32.5. The quantitative estimate of drug-likeness (QED) is 0.129. The van der Waals surface area contributed by atoms with Crippen LogP contribution in [0.3, 0.4) is 0 Å². The number of hydrogen-bond donors (Lipinski definition) is 0. The molecule has 1 aliphatic heterocycles. The van der Waals surface area contributed by atoms with Gasteiger partial charge in [0.25, 0.3) is 5.91 Å². The van der Waals surface area contributed by atoms with E-state index in [0.29, 0.717) is 12.4 Å². The molecular formula is C44H42N6O. The lowest BCUT2D eigenvalue weighted by Crippen LogP contribution is -2.40. The molecule has 1 spiro atoms. The van der Waals surface area contributed by atoms with Crippen molar-refractivity contribution < 1.29 is 4.79 Å². The largest absolute Gasteiger partial charge is 0.294 e. The van der Waals surface area contributed by atoms with Gasteiger partial charge < -0.3 is 0 Å². The van der Waals surface area contributed by atoms with Gasteiger partial charge in [0.15, 0.2) is 5.54 Å². The van der Waals surface area contributed by atoms with Crippen LogP contribution < -0.4 is 0 Å². The van der Waals surface area contributed by atoms with Gasteiger partial charge in [-0.15, -0.1) is 15.0 Å². The van der Waals surface area contributed by atoms with Crippen LogP contribution in [-0.4, -0.2) is 42.4 Å². The molecule has 2 aliphatic rings. The molecule has 0 bridgehead atoms. The summed E-state index contributed by atoms with van der Waals surface area (Å²) >= 11 is 0. The van der Waals surface area contributed by atoms with Gasteiger partial charge in [-0.05, 0) is 57.9 Å². The first-order chi connectivity index (χ1) is 25.1. The van der Waals surface area contributed by atoms with E-state index >= 15 is 0 Å². The molecule has 51 heavy (non-hydrogen) atoms. The van der Waals surface area contributed by atoms with Gasteiger partial charge in [-0.25, -0.2) is 0 Å². The van der Waals surface area contributed by atoms with Gasteiger partial charge in [0.1, 0.15) is 11.4 Å². The van der Waals surface area contributed by atoms with E-state index < -0.39 is 11.1 Å². The molecule has 5 aromatic carbocycles. The zero-order chi connectivity index (χ0) is 34.7. The molecule has 1 amide bonds. The summed E-state index contributed by atoms with van der Waals surface area (Å²) in [4.78, 5) is 22.5. The number of nitrogens with zero attached hydrogens (tertiary/aromatic N) is 6. The first-order valence-electron chi connectivity index (χ1n) is 18.2. The van der Waals surface area contributed by atoms with Gasteiger partial charge in [0, 0.05) is 12.0 Å². The van der Waals surface area contributed by atoms with Crippen molar-refractivity contribution in [3.63, 3.8) is 0 Å². The number of carbonyl (C=O) groups excluding carboxylic acids is 1. The van der Waals surface area contributed by atoms with Gasteiger partial charge in [-0.3, -0.25) is 14.7 Å². The van der Waals surface area contributed by atoms with Crippen molar-refractivity contribution in [2.45, 2.75) is 69.5 Å². The molecule has 6 aromatic rings. The molecule has 1 fully saturated rings. The monoisotopic (exact) mass is 670 g/mol. The lowest BCUT2D eigenvalue weighted by molar-refractivity contribution is -0.131. The Kier molecular flexibility index (Phi) is 8.86. The molecule has 8 rings (SSSR count). The van der Waals surface area contributed by atoms with Gasteiger partial charge >= 0.3 is 0 Å². The maximum atomic E-state index is 13.7. The average molecular weight is 671 g/mol. The molecule has 2 heterocycles. The fraction of sp³-hybridized carbons (Fsp3) is 0.250. The summed E-state index contributed by atoms with van der Waals surface area (Å²) in [6.07, 6.45) is 6.86. The first-order valence-corrected chi connectivity index (χ1v) is 18.2. The van der Waals surface area contributed by atoms with E-state index in [4.69, 9.17) is 20.4 Å². The SMILES string of the molecule is CCCCC1=NC2(CCCC2)C(=O)N1Cc1ccc(-c2ccccc2-c2nnn(C(c3ccccc3)(c3ccccc3)c3ccccc3)n2)cc1. The lowest BCUT2D eigenvalue weighted by atomic mass is 9.77. The molecule has 0 radical (unpaired) electrons. The van der Waals surface area contributed by atoms with Crippen LogP contribution >= 0.6 is 0 Å². The fourth-order valence-corrected chi connectivity index (χ4v) is 7.95. The number of unbranched alkanes of at least 4 members (excludes halogenated alkanes) is 1. The van der Waals surface area contributed by atoms with E-state index in [2.05, 4.69) is 116 Å². The van der Waals surface area contributed by atoms with Crippen LogP contribution in [0, 0.1) is 0 Å². The molecule has 0 unspecified atom stereocenters. The van der Waals surface area contributed by atoms with Crippen molar-refractivity contribution in [3.8, 4) is 22.5 Å². The number of amidine groups is 1. The minimum atomic E-state index is -0.852. The van der Waals surface area contributed by atoms with E-state index in [9.17, 15) is 4.79 Å². The van der Waals surface area contributed by atoms with Crippen LogP contribution in [0.2, 0.25) is 0 Å². The van der Waals surface area contributed by atoms with Crippen molar-refractivity contribution in [1.29, 1.82) is 0 Å². The molecule has 0 saturated heterocycles. The van der Waals surface area contributed by atoms with Gasteiger partial charge in [-0.1, -0.05) is 166 Å². The topological polar surface area (TPSA) is 76.3 Å². The van der Waals surface area contributed by atoms with E-state index in [0.717, 1.165) is 89.7 Å². The number of carbonyl (C=O) groups is 1. The van der Waals surface area contributed by atoms with E-state index in [1.165, 1.54) is 0 Å². The summed E-state index contributed by atoms with van der Waals surface area (Å²) < 4.78 is 0. The second-order valence-electron chi connectivity index (χ2n) is 13.7. The van der Waals surface area contributed by atoms with Gasteiger partial charge in [-0.2, -0.15) is 0 Å². The normalized spacial score (nSPS) is 15.4. The Morgan fingerprint density at radius 3 is 1.80 bits per heavy atom. The van der Waals surface area contributed by atoms with E-state index in [-0.39, 0.29) is 5.91 Å². The van der Waals surface area contributed by atoms with Crippen LogP contribution in [0.4, 0.5) is 0 Å². The number of aromatic nitrogens is 4. The van der Waals surface area contributed by atoms with E-state index in [1.807, 2.05) is 35.2 Å². The van der Waals surface area contributed by atoms with Crippen LogP contribution in [0.5, 0.6) is 0 Å². The third kappa shape index (κ3) is 5.86. The Bertz CT molecular complexity index is 2040. The number of tetrazole rings is 1. The maximum absolute atomic E-state index is 13.7. The Morgan fingerprint density at radius 1 is 0.686 bits per heavy atom. The Morgan fingerprint density at radius 2 is 1.24 bits per heavy atom. The summed E-state index contributed by atoms with van der Waals surface area (Å²) in [6, 6.07) is 47.9. The predicted octanol–water partition coefficient (Wildman–Crippen LogP) is 9.09. The van der Waals surface area contributed by atoms with E-state index in [1.54, 1.807) is 4.80 Å². The second-order valence-corrected chi connectivity index (χ2v) is 13.7. The van der Waals surface area contributed by atoms with Crippen molar-refractivity contribution in [3.05, 3.63) is 162 Å². The van der Waals surface area contributed by atoms with Crippen molar-refractivity contribution >= 4 is 11.7 Å². The minimum Gasteiger partial charge on any atom is -0.294 e. The highest BCUT2D eigenvalue weighted by Gasteiger charge is 2.49. The van der Waals surface area contributed by atoms with Gasteiger partial charge in [0.05, 0.1) is 6.54 Å². The lowest BCUT2D eigenvalue weighted by Gasteiger charge is -2.34. The number of rotatable bonds is 11. The highest BCUT2D eigenvalue weighted by molar-refractivity contribution is 6.08. The fourth-order valence-electron chi connectivity index (χ4n) is 7.95. The highest BCUT2D eigenvalue weighted by atomic mass is 16.2. The van der Waals surface area contributed by atoms with Crippen LogP contribution in [0.1, 0.15) is 74.1 Å². The van der Waals surface area contributed by atoms with Crippen molar-refractivity contribution in [2.24, 2.45) is 4.99 Å². The molecule has 0 N–H and O–H groups in total. The van der Waals surface area contributed by atoms with Crippen LogP contribution in [-0.2, 0) is 16.9 Å². The average Bonchev–Trinajstić information content (AvgIpc) is 3.94. The zero-order valence-corrected chi connectivity index (χ0v) is 29.0. The number of benzene rings is 5. The summed E-state index contributed by atoms with van der Waals surface area (Å²) in [5, 5.41) is 14.7. The minimum absolute atomic E-state index is 0.187. The summed E-state index contributed by atoms with van der Waals surface area (Å²) in [6.45, 7) is 2.73. The highest BCUT2D eigenvalue weighted by Crippen LogP contribution is 2.42. The molecular weight excluding hydrogens is 629 g/mol. The summed E-state index contributed by atoms with van der Waals surface area (Å²) in [5.41, 5.74) is 5.78. The summed E-state index contributed by atoms with van der Waals surface area (Å²) in [5.74, 6) is 1.69. The van der Waals surface area contributed by atoms with Crippen LogP contribution in [0.25, 0.3) is 22.5 Å². The summed E-state index contributed by atoms with van der Waals surface area (Å²) in [7, 11) is 0. The smallest absolute Gasteiger partial charge is 0.256 e. The Hall–Kier alpha value is -5.69. The molecule has 1 aliphatic carbocycles. The van der Waals surface area contributed by atoms with Crippen molar-refractivity contribution in [1.82, 2.24) is 25.1 Å². The molecule has 7 heteroatoms. The second kappa shape index (κ2) is 13.9. The third-order valence-corrected chi connectivity index (χ3v) is 10.5. The third-order valence-electron chi connectivity index (χ3n) is 10.5. The van der Waals surface area contributed by atoms with Crippen molar-refractivity contribution in [2.75, 3.05) is 0 Å². The number of amides is 1. The molecule has 0 atom stereocenters.